The Labute approximate surface area is 132 Å². The zero-order valence-corrected chi connectivity index (χ0v) is 13.1. The van der Waals surface area contributed by atoms with Gasteiger partial charge in [-0.05, 0) is 51.5 Å². The molecule has 3 N–H and O–H groups in total. The van der Waals surface area contributed by atoms with Gasteiger partial charge in [0.15, 0.2) is 0 Å². The predicted molar refractivity (Wildman–Crippen MR) is 78.9 cm³/mol. The van der Waals surface area contributed by atoms with Crippen molar-refractivity contribution < 1.29 is 17.9 Å². The van der Waals surface area contributed by atoms with Gasteiger partial charge in [-0.15, -0.1) is 24.5 Å². The predicted octanol–water partition coefficient (Wildman–Crippen LogP) is 4.16. The fourth-order valence-electron chi connectivity index (χ4n) is 1.84. The van der Waals surface area contributed by atoms with Crippen LogP contribution in [-0.2, 0) is 6.42 Å². The Hall–Kier alpha value is -1.09. The van der Waals surface area contributed by atoms with E-state index in [0.717, 1.165) is 14.9 Å². The van der Waals surface area contributed by atoms with Gasteiger partial charge < -0.3 is 4.74 Å². The number of halogens is 4. The minimum absolute atomic E-state index is 0.117. The van der Waals surface area contributed by atoms with E-state index in [1.54, 1.807) is 23.5 Å². The van der Waals surface area contributed by atoms with Gasteiger partial charge in [-0.1, -0.05) is 12.1 Å². The molecule has 8 heteroatoms. The molecule has 1 unspecified atom stereocenters. The third kappa shape index (κ3) is 4.70. The van der Waals surface area contributed by atoms with Gasteiger partial charge in [0.2, 0.25) is 0 Å². The van der Waals surface area contributed by atoms with E-state index < -0.39 is 6.36 Å². The zero-order valence-electron chi connectivity index (χ0n) is 10.7. The lowest BCUT2D eigenvalue weighted by Crippen LogP contribution is -2.29. The highest BCUT2D eigenvalue weighted by Gasteiger charge is 2.31. The average molecular weight is 381 g/mol. The Bertz CT molecular complexity index is 586. The maximum Gasteiger partial charge on any atom is 0.573 e. The number of rotatable bonds is 5. The quantitative estimate of drug-likeness (QED) is 0.604. The van der Waals surface area contributed by atoms with Crippen molar-refractivity contribution >= 4 is 27.3 Å². The number of hydrogen-bond acceptors (Lipinski definition) is 4. The van der Waals surface area contributed by atoms with Crippen LogP contribution in [-0.4, -0.2) is 6.36 Å². The van der Waals surface area contributed by atoms with E-state index in [9.17, 15) is 13.2 Å². The molecule has 0 aliphatic carbocycles. The normalized spacial score (nSPS) is 13.2. The first-order valence-corrected chi connectivity index (χ1v) is 7.60. The molecule has 0 fully saturated rings. The molecule has 1 aromatic heterocycles. The Morgan fingerprint density at radius 1 is 1.24 bits per heavy atom. The van der Waals surface area contributed by atoms with Crippen LogP contribution >= 0.6 is 27.3 Å². The Morgan fingerprint density at radius 2 is 1.90 bits per heavy atom. The Balaban J connectivity index is 2.07. The monoisotopic (exact) mass is 380 g/mol. The van der Waals surface area contributed by atoms with Gasteiger partial charge in [-0.2, -0.15) is 0 Å². The molecule has 0 saturated carbocycles. The van der Waals surface area contributed by atoms with Gasteiger partial charge in [-0.25, -0.2) is 0 Å². The van der Waals surface area contributed by atoms with Crippen molar-refractivity contribution in [3.63, 3.8) is 0 Å². The third-order valence-electron chi connectivity index (χ3n) is 2.76. The first-order chi connectivity index (χ1) is 9.89. The molecule has 0 aliphatic rings. The highest BCUT2D eigenvalue weighted by Crippen LogP contribution is 2.31. The van der Waals surface area contributed by atoms with Crippen LogP contribution in [0.15, 0.2) is 40.2 Å². The number of alkyl halides is 3. The van der Waals surface area contributed by atoms with E-state index >= 15 is 0 Å². The number of hydrazine groups is 1. The molecule has 114 valence electrons. The van der Waals surface area contributed by atoms with Gasteiger partial charge in [0.1, 0.15) is 5.75 Å². The molecule has 0 radical (unpaired) electrons. The molecule has 0 bridgehead atoms. The minimum atomic E-state index is -4.68. The molecule has 1 aromatic carbocycles. The summed E-state index contributed by atoms with van der Waals surface area (Å²) in [6, 6.07) is 7.57. The van der Waals surface area contributed by atoms with E-state index in [1.165, 1.54) is 12.1 Å². The highest BCUT2D eigenvalue weighted by atomic mass is 79.9. The van der Waals surface area contributed by atoms with Crippen LogP contribution in [0.25, 0.3) is 0 Å². The van der Waals surface area contributed by atoms with Crippen molar-refractivity contribution in [1.82, 2.24) is 5.43 Å². The summed E-state index contributed by atoms with van der Waals surface area (Å²) in [6.45, 7) is 0. The van der Waals surface area contributed by atoms with E-state index in [2.05, 4.69) is 26.1 Å². The van der Waals surface area contributed by atoms with E-state index in [1.807, 2.05) is 11.4 Å². The molecule has 21 heavy (non-hydrogen) atoms. The lowest BCUT2D eigenvalue weighted by molar-refractivity contribution is -0.274. The topological polar surface area (TPSA) is 47.3 Å². The minimum Gasteiger partial charge on any atom is -0.406 e. The van der Waals surface area contributed by atoms with Crippen molar-refractivity contribution in [3.8, 4) is 5.75 Å². The van der Waals surface area contributed by atoms with Crippen LogP contribution in [0.1, 0.15) is 16.5 Å². The van der Waals surface area contributed by atoms with Gasteiger partial charge in [0.25, 0.3) is 0 Å². The number of hydrogen-bond donors (Lipinski definition) is 2. The Kier molecular flexibility index (Phi) is 5.26. The molecule has 2 rings (SSSR count). The van der Waals surface area contributed by atoms with E-state index in [-0.39, 0.29) is 11.8 Å². The molecular formula is C13H12BrF3N2OS. The zero-order chi connectivity index (χ0) is 15.5. The summed E-state index contributed by atoms with van der Waals surface area (Å²) in [5.41, 5.74) is 3.57. The van der Waals surface area contributed by atoms with Crippen molar-refractivity contribution in [2.24, 2.45) is 5.84 Å². The fraction of sp³-hybridized carbons (Fsp3) is 0.231. The summed E-state index contributed by atoms with van der Waals surface area (Å²) in [5.74, 6) is 5.32. The van der Waals surface area contributed by atoms with Gasteiger partial charge >= 0.3 is 6.36 Å². The van der Waals surface area contributed by atoms with Crippen LogP contribution in [0, 0.1) is 0 Å². The number of nitrogens with one attached hydrogen (secondary N) is 1. The highest BCUT2D eigenvalue weighted by molar-refractivity contribution is 9.10. The van der Waals surface area contributed by atoms with Crippen LogP contribution in [0.5, 0.6) is 5.75 Å². The second-order valence-corrected chi connectivity index (χ2v) is 6.05. The summed E-state index contributed by atoms with van der Waals surface area (Å²) in [7, 11) is 0. The largest absolute Gasteiger partial charge is 0.573 e. The van der Waals surface area contributed by atoms with E-state index in [0.29, 0.717) is 6.42 Å². The smallest absolute Gasteiger partial charge is 0.406 e. The van der Waals surface area contributed by atoms with Crippen molar-refractivity contribution in [2.45, 2.75) is 18.8 Å². The summed E-state index contributed by atoms with van der Waals surface area (Å²) in [4.78, 5) is 1.04. The van der Waals surface area contributed by atoms with Gasteiger partial charge in [0, 0.05) is 9.35 Å². The lowest BCUT2D eigenvalue weighted by Gasteiger charge is -2.15. The summed E-state index contributed by atoms with van der Waals surface area (Å²) in [5, 5.41) is 1.93. The maximum absolute atomic E-state index is 12.1. The summed E-state index contributed by atoms with van der Waals surface area (Å²) < 4.78 is 41.0. The van der Waals surface area contributed by atoms with Crippen LogP contribution in [0.3, 0.4) is 0 Å². The van der Waals surface area contributed by atoms with Crippen molar-refractivity contribution in [3.05, 3.63) is 50.6 Å². The Morgan fingerprint density at radius 3 is 2.38 bits per heavy atom. The van der Waals surface area contributed by atoms with E-state index in [4.69, 9.17) is 5.84 Å². The molecule has 0 amide bonds. The number of thiophene rings is 1. The fourth-order valence-corrected chi connectivity index (χ4v) is 3.56. The molecule has 1 heterocycles. The number of nitrogens with two attached hydrogens (primary N) is 1. The second-order valence-electron chi connectivity index (χ2n) is 4.25. The molecule has 3 nitrogen and oxygen atoms in total. The summed E-state index contributed by atoms with van der Waals surface area (Å²) in [6.07, 6.45) is -4.12. The third-order valence-corrected chi connectivity index (χ3v) is 4.74. The van der Waals surface area contributed by atoms with Gasteiger partial charge in [-0.3, -0.25) is 11.3 Å². The molecule has 0 aliphatic heterocycles. The van der Waals surface area contributed by atoms with Crippen molar-refractivity contribution in [1.29, 1.82) is 0 Å². The first-order valence-electron chi connectivity index (χ1n) is 5.93. The van der Waals surface area contributed by atoms with Crippen LogP contribution < -0.4 is 16.0 Å². The first kappa shape index (κ1) is 16.3. The SMILES string of the molecule is NNC(Cc1ccc(OC(F)(F)F)cc1)c1sccc1Br. The van der Waals surface area contributed by atoms with Crippen LogP contribution in [0.4, 0.5) is 13.2 Å². The van der Waals surface area contributed by atoms with Gasteiger partial charge in [0.05, 0.1) is 6.04 Å². The molecule has 2 aromatic rings. The molecule has 0 spiro atoms. The molecular weight excluding hydrogens is 369 g/mol. The van der Waals surface area contributed by atoms with Crippen molar-refractivity contribution in [2.75, 3.05) is 0 Å². The van der Waals surface area contributed by atoms with Crippen LogP contribution in [0.2, 0.25) is 0 Å². The second kappa shape index (κ2) is 6.78. The standard InChI is InChI=1S/C13H12BrF3N2OS/c14-10-5-6-21-12(10)11(19-18)7-8-1-3-9(4-2-8)20-13(15,16)17/h1-6,11,19H,7,18H2. The molecule has 1 atom stereocenters. The molecule has 0 saturated heterocycles. The number of benzene rings is 1. The lowest BCUT2D eigenvalue weighted by atomic mass is 10.1. The maximum atomic E-state index is 12.1. The summed E-state index contributed by atoms with van der Waals surface area (Å²) >= 11 is 4.99. The number of ether oxygens (including phenoxy) is 1. The average Bonchev–Trinajstić information content (AvgIpc) is 2.82.